The van der Waals surface area contributed by atoms with Gasteiger partial charge in [-0.25, -0.2) is 0 Å². The first-order valence-corrected chi connectivity index (χ1v) is 5.89. The van der Waals surface area contributed by atoms with E-state index in [1.165, 1.54) is 0 Å². The van der Waals surface area contributed by atoms with Gasteiger partial charge in [0, 0.05) is 6.04 Å². The highest BCUT2D eigenvalue weighted by Gasteiger charge is 2.16. The molecule has 0 spiro atoms. The molecule has 0 saturated heterocycles. The van der Waals surface area contributed by atoms with Gasteiger partial charge in [-0.2, -0.15) is 5.10 Å². The molecule has 15 heavy (non-hydrogen) atoms. The second-order valence-electron chi connectivity index (χ2n) is 3.43. The molecule has 0 aliphatic rings. The third-order valence-corrected chi connectivity index (χ3v) is 2.82. The van der Waals surface area contributed by atoms with Crippen LogP contribution < -0.4 is 16.9 Å². The normalized spacial score (nSPS) is 15.8. The number of hydrogen-bond donors (Lipinski definition) is 3. The fourth-order valence-electron chi connectivity index (χ4n) is 1.13. The van der Waals surface area contributed by atoms with Crippen LogP contribution in [-0.4, -0.2) is 22.4 Å². The molecule has 0 fully saturated rings. The molecule has 0 bridgehead atoms. The van der Waals surface area contributed by atoms with E-state index in [0.717, 1.165) is 24.6 Å². The number of carbonyl (C=O) groups excluding carboxylic acids is 1. The van der Waals surface area contributed by atoms with Gasteiger partial charge in [-0.15, -0.1) is 0 Å². The Kier molecular flexibility index (Phi) is 6.94. The largest absolute Gasteiger partial charge is 0.377 e. The van der Waals surface area contributed by atoms with E-state index in [1.54, 1.807) is 6.92 Å². The topological polar surface area (TPSA) is 93.5 Å². The summed E-state index contributed by atoms with van der Waals surface area (Å²) >= 11 is 1.16. The lowest BCUT2D eigenvalue weighted by Crippen LogP contribution is -2.38. The number of hydrazone groups is 1. The molecule has 0 rings (SSSR count). The van der Waals surface area contributed by atoms with Crippen LogP contribution >= 0.6 is 11.8 Å². The average Bonchev–Trinajstić information content (AvgIpc) is 2.17. The number of rotatable bonds is 5. The third-order valence-electron chi connectivity index (χ3n) is 1.90. The monoisotopic (exact) mass is 232 g/mol. The van der Waals surface area contributed by atoms with E-state index in [-0.39, 0.29) is 22.4 Å². The Morgan fingerprint density at radius 1 is 1.53 bits per heavy atom. The Balaban J connectivity index is 3.99. The highest BCUT2D eigenvalue weighted by molar-refractivity contribution is 8.14. The van der Waals surface area contributed by atoms with Crippen molar-refractivity contribution in [3.8, 4) is 0 Å². The van der Waals surface area contributed by atoms with E-state index in [1.807, 2.05) is 6.92 Å². The summed E-state index contributed by atoms with van der Waals surface area (Å²) in [6.07, 6.45) is 2.03. The molecule has 0 radical (unpaired) electrons. The second kappa shape index (κ2) is 7.39. The molecular weight excluding hydrogens is 212 g/mol. The van der Waals surface area contributed by atoms with Crippen molar-refractivity contribution in [2.24, 2.45) is 16.7 Å². The minimum absolute atomic E-state index is 0.0347. The molecule has 0 aromatic rings. The number of nitrogens with zero attached hydrogens (tertiary/aromatic N) is 1. The molecule has 88 valence electrons. The number of amidine groups is 1. The molecule has 5 nitrogen and oxygen atoms in total. The molecule has 0 aliphatic heterocycles. The number of nitrogens with one attached hydrogen (secondary N) is 1. The highest BCUT2D eigenvalue weighted by Crippen LogP contribution is 2.10. The molecule has 6 heteroatoms. The molecule has 2 atom stereocenters. The molecule has 1 amide bonds. The van der Waals surface area contributed by atoms with Gasteiger partial charge in [0.1, 0.15) is 0 Å². The molecule has 0 saturated carbocycles. The zero-order valence-electron chi connectivity index (χ0n) is 9.49. The van der Waals surface area contributed by atoms with E-state index in [0.29, 0.717) is 0 Å². The minimum Gasteiger partial charge on any atom is -0.377 e. The van der Waals surface area contributed by atoms with Crippen LogP contribution in [0.15, 0.2) is 5.10 Å². The molecule has 5 N–H and O–H groups in total. The van der Waals surface area contributed by atoms with Gasteiger partial charge in [0.15, 0.2) is 5.17 Å². The first-order valence-electron chi connectivity index (χ1n) is 5.01. The van der Waals surface area contributed by atoms with Gasteiger partial charge in [0.05, 0.1) is 5.25 Å². The molecule has 0 aliphatic carbocycles. The maximum absolute atomic E-state index is 11.6. The lowest BCUT2D eigenvalue weighted by molar-refractivity contribution is -0.120. The minimum atomic E-state index is -0.267. The van der Waals surface area contributed by atoms with E-state index in [4.69, 9.17) is 11.6 Å². The van der Waals surface area contributed by atoms with Gasteiger partial charge in [0.2, 0.25) is 5.91 Å². The van der Waals surface area contributed by atoms with Crippen LogP contribution in [0.3, 0.4) is 0 Å². The van der Waals surface area contributed by atoms with Crippen LogP contribution in [0.25, 0.3) is 0 Å². The van der Waals surface area contributed by atoms with E-state index in [9.17, 15) is 4.79 Å². The van der Waals surface area contributed by atoms with Crippen molar-refractivity contribution in [3.63, 3.8) is 0 Å². The van der Waals surface area contributed by atoms with Gasteiger partial charge < -0.3 is 16.9 Å². The van der Waals surface area contributed by atoms with Crippen LogP contribution in [-0.2, 0) is 4.79 Å². The quantitative estimate of drug-likeness (QED) is 0.280. The lowest BCUT2D eigenvalue weighted by Gasteiger charge is -2.16. The van der Waals surface area contributed by atoms with Gasteiger partial charge >= 0.3 is 0 Å². The Labute approximate surface area is 95.0 Å². The number of thioether (sulfide) groups is 1. The van der Waals surface area contributed by atoms with Gasteiger partial charge in [0.25, 0.3) is 0 Å². The van der Waals surface area contributed by atoms with E-state index < -0.39 is 0 Å². The van der Waals surface area contributed by atoms with Crippen LogP contribution in [0.4, 0.5) is 0 Å². The number of nitrogens with two attached hydrogens (primary N) is 2. The van der Waals surface area contributed by atoms with E-state index >= 15 is 0 Å². The van der Waals surface area contributed by atoms with Crippen molar-refractivity contribution >= 4 is 22.8 Å². The Bertz CT molecular complexity index is 232. The van der Waals surface area contributed by atoms with Crippen molar-refractivity contribution in [2.75, 3.05) is 0 Å². The summed E-state index contributed by atoms with van der Waals surface area (Å²) in [5, 5.41) is 6.16. The number of carbonyl (C=O) groups is 1. The summed E-state index contributed by atoms with van der Waals surface area (Å²) in [5.41, 5.74) is 5.41. The van der Waals surface area contributed by atoms with Crippen LogP contribution in [0.2, 0.25) is 0 Å². The zero-order valence-corrected chi connectivity index (χ0v) is 10.3. The first kappa shape index (κ1) is 14.1. The third kappa shape index (κ3) is 6.22. The van der Waals surface area contributed by atoms with Crippen molar-refractivity contribution in [1.82, 2.24) is 5.32 Å². The van der Waals surface area contributed by atoms with Crippen molar-refractivity contribution < 1.29 is 4.79 Å². The molecular formula is C9H20N4OS. The maximum Gasteiger partial charge on any atom is 0.233 e. The predicted octanol–water partition coefficient (Wildman–Crippen LogP) is 0.601. The fourth-order valence-corrected chi connectivity index (χ4v) is 1.73. The van der Waals surface area contributed by atoms with Crippen LogP contribution in [0.5, 0.6) is 0 Å². The summed E-state index contributed by atoms with van der Waals surface area (Å²) < 4.78 is 0. The van der Waals surface area contributed by atoms with Crippen molar-refractivity contribution in [2.45, 2.75) is 44.9 Å². The summed E-state index contributed by atoms with van der Waals surface area (Å²) in [4.78, 5) is 11.6. The summed E-state index contributed by atoms with van der Waals surface area (Å²) in [6.45, 7) is 5.84. The SMILES string of the molecule is CCCC(C)NC(=O)C(C)SC(N)=NN. The van der Waals surface area contributed by atoms with E-state index in [2.05, 4.69) is 17.3 Å². The Morgan fingerprint density at radius 3 is 2.60 bits per heavy atom. The number of amides is 1. The first-order chi connectivity index (χ1) is 7.01. The average molecular weight is 232 g/mol. The lowest BCUT2D eigenvalue weighted by atomic mass is 10.2. The van der Waals surface area contributed by atoms with Crippen LogP contribution in [0, 0.1) is 0 Å². The van der Waals surface area contributed by atoms with Crippen molar-refractivity contribution in [3.05, 3.63) is 0 Å². The molecule has 0 aromatic heterocycles. The van der Waals surface area contributed by atoms with Gasteiger partial charge in [-0.1, -0.05) is 25.1 Å². The van der Waals surface area contributed by atoms with Crippen molar-refractivity contribution in [1.29, 1.82) is 0 Å². The van der Waals surface area contributed by atoms with Crippen LogP contribution in [0.1, 0.15) is 33.6 Å². The Morgan fingerprint density at radius 2 is 2.13 bits per heavy atom. The van der Waals surface area contributed by atoms with Gasteiger partial charge in [-0.05, 0) is 20.3 Å². The predicted molar refractivity (Wildman–Crippen MR) is 65.4 cm³/mol. The zero-order chi connectivity index (χ0) is 11.8. The maximum atomic E-state index is 11.6. The number of hydrogen-bond acceptors (Lipinski definition) is 4. The molecule has 0 heterocycles. The summed E-state index contributed by atoms with van der Waals surface area (Å²) in [7, 11) is 0. The standard InChI is InChI=1S/C9H20N4OS/c1-4-5-6(2)12-8(14)7(3)15-9(10)13-11/h6-7H,4-5,11H2,1-3H3,(H2,10,13)(H,12,14). The Hall–Kier alpha value is -0.910. The highest BCUT2D eigenvalue weighted by atomic mass is 32.2. The molecule has 2 unspecified atom stereocenters. The summed E-state index contributed by atoms with van der Waals surface area (Å²) in [6, 6.07) is 0.196. The second-order valence-corrected chi connectivity index (χ2v) is 4.79. The fraction of sp³-hybridized carbons (Fsp3) is 0.778. The molecule has 0 aromatic carbocycles. The van der Waals surface area contributed by atoms with Gasteiger partial charge in [-0.3, -0.25) is 4.79 Å². The summed E-state index contributed by atoms with van der Waals surface area (Å²) in [5.74, 6) is 4.95. The smallest absolute Gasteiger partial charge is 0.233 e.